The highest BCUT2D eigenvalue weighted by atomic mass is 32.2. The Balaban J connectivity index is 2.10. The third-order valence-electron chi connectivity index (χ3n) is 2.83. The van der Waals surface area contributed by atoms with Crippen LogP contribution in [0.25, 0.3) is 0 Å². The molecule has 3 nitrogen and oxygen atoms in total. The lowest BCUT2D eigenvalue weighted by Crippen LogP contribution is -1.99. The molecule has 0 unspecified atom stereocenters. The van der Waals surface area contributed by atoms with Gasteiger partial charge in [0.1, 0.15) is 5.82 Å². The van der Waals surface area contributed by atoms with Crippen molar-refractivity contribution in [3.05, 3.63) is 42.0 Å². The van der Waals surface area contributed by atoms with Crippen molar-refractivity contribution in [3.8, 4) is 0 Å². The van der Waals surface area contributed by atoms with E-state index in [2.05, 4.69) is 29.5 Å². The Kier molecular flexibility index (Phi) is 3.74. The van der Waals surface area contributed by atoms with Gasteiger partial charge >= 0.3 is 0 Å². The zero-order valence-corrected chi connectivity index (χ0v) is 11.0. The van der Waals surface area contributed by atoms with E-state index < -0.39 is 0 Å². The van der Waals surface area contributed by atoms with Crippen molar-refractivity contribution in [1.82, 2.24) is 9.55 Å². The number of aromatic nitrogens is 2. The molecule has 1 aromatic carbocycles. The van der Waals surface area contributed by atoms with Crippen molar-refractivity contribution in [2.24, 2.45) is 0 Å². The standard InChI is InChI=1S/C13H17N3S/c1-3-16-8-7-15-13(16)9-17-12-6-4-5-11(14)10(12)2/h4-8H,3,9,14H2,1-2H3. The van der Waals surface area contributed by atoms with Gasteiger partial charge in [-0.05, 0) is 31.5 Å². The lowest BCUT2D eigenvalue weighted by Gasteiger charge is -2.08. The smallest absolute Gasteiger partial charge is 0.119 e. The summed E-state index contributed by atoms with van der Waals surface area (Å²) in [5, 5.41) is 0. The number of nitrogens with zero attached hydrogens (tertiary/aromatic N) is 2. The number of benzene rings is 1. The Hall–Kier alpha value is -1.42. The van der Waals surface area contributed by atoms with E-state index in [0.29, 0.717) is 0 Å². The Morgan fingerprint density at radius 1 is 1.41 bits per heavy atom. The highest BCUT2D eigenvalue weighted by molar-refractivity contribution is 7.98. The maximum Gasteiger partial charge on any atom is 0.119 e. The third-order valence-corrected chi connectivity index (χ3v) is 3.98. The molecule has 0 spiro atoms. The summed E-state index contributed by atoms with van der Waals surface area (Å²) >= 11 is 1.79. The third kappa shape index (κ3) is 2.64. The van der Waals surface area contributed by atoms with E-state index in [-0.39, 0.29) is 0 Å². The van der Waals surface area contributed by atoms with Gasteiger partial charge in [0.15, 0.2) is 0 Å². The van der Waals surface area contributed by atoms with Gasteiger partial charge in [-0.2, -0.15) is 0 Å². The number of hydrogen-bond donors (Lipinski definition) is 1. The molecule has 0 bridgehead atoms. The van der Waals surface area contributed by atoms with Crippen LogP contribution in [0.15, 0.2) is 35.5 Å². The van der Waals surface area contributed by atoms with Crippen molar-refractivity contribution in [2.45, 2.75) is 31.0 Å². The SMILES string of the molecule is CCn1ccnc1CSc1cccc(N)c1C. The van der Waals surface area contributed by atoms with Crippen LogP contribution in [-0.2, 0) is 12.3 Å². The van der Waals surface area contributed by atoms with Gasteiger partial charge in [-0.3, -0.25) is 0 Å². The predicted octanol–water partition coefficient (Wildman–Crippen LogP) is 3.09. The minimum Gasteiger partial charge on any atom is -0.398 e. The molecular weight excluding hydrogens is 230 g/mol. The second kappa shape index (κ2) is 5.27. The summed E-state index contributed by atoms with van der Waals surface area (Å²) < 4.78 is 2.16. The summed E-state index contributed by atoms with van der Waals surface area (Å²) in [6, 6.07) is 6.04. The maximum atomic E-state index is 5.89. The molecule has 0 aliphatic carbocycles. The molecule has 1 heterocycles. The summed E-state index contributed by atoms with van der Waals surface area (Å²) in [6.07, 6.45) is 3.87. The van der Waals surface area contributed by atoms with Gasteiger partial charge in [0.25, 0.3) is 0 Å². The molecule has 1 aromatic heterocycles. The number of anilines is 1. The summed E-state index contributed by atoms with van der Waals surface area (Å²) in [5.41, 5.74) is 7.91. The van der Waals surface area contributed by atoms with Gasteiger partial charge < -0.3 is 10.3 Å². The molecule has 0 radical (unpaired) electrons. The van der Waals surface area contributed by atoms with E-state index in [9.17, 15) is 0 Å². The number of rotatable bonds is 4. The van der Waals surface area contributed by atoms with Crippen LogP contribution >= 0.6 is 11.8 Å². The highest BCUT2D eigenvalue weighted by Gasteiger charge is 2.05. The number of imidazole rings is 1. The molecule has 90 valence electrons. The zero-order valence-electron chi connectivity index (χ0n) is 10.2. The van der Waals surface area contributed by atoms with Crippen LogP contribution in [0.5, 0.6) is 0 Å². The van der Waals surface area contributed by atoms with Crippen LogP contribution in [0.4, 0.5) is 5.69 Å². The fourth-order valence-electron chi connectivity index (χ4n) is 1.70. The molecule has 2 aromatic rings. The first-order chi connectivity index (χ1) is 8.22. The Morgan fingerprint density at radius 3 is 3.00 bits per heavy atom. The van der Waals surface area contributed by atoms with Crippen molar-refractivity contribution >= 4 is 17.4 Å². The van der Waals surface area contributed by atoms with E-state index in [4.69, 9.17) is 5.73 Å². The Bertz CT molecular complexity index is 505. The van der Waals surface area contributed by atoms with Gasteiger partial charge in [-0.25, -0.2) is 4.98 Å². The molecule has 0 amide bonds. The molecule has 2 N–H and O–H groups in total. The molecule has 4 heteroatoms. The van der Waals surface area contributed by atoms with E-state index in [1.54, 1.807) is 11.8 Å². The van der Waals surface area contributed by atoms with Gasteiger partial charge in [-0.15, -0.1) is 11.8 Å². The van der Waals surface area contributed by atoms with Crippen molar-refractivity contribution < 1.29 is 0 Å². The zero-order chi connectivity index (χ0) is 12.3. The van der Waals surface area contributed by atoms with Gasteiger partial charge in [0, 0.05) is 29.5 Å². The quantitative estimate of drug-likeness (QED) is 0.667. The Morgan fingerprint density at radius 2 is 2.24 bits per heavy atom. The maximum absolute atomic E-state index is 5.89. The van der Waals surface area contributed by atoms with Crippen LogP contribution in [0.1, 0.15) is 18.3 Å². The normalized spacial score (nSPS) is 10.7. The van der Waals surface area contributed by atoms with E-state index in [0.717, 1.165) is 29.4 Å². The highest BCUT2D eigenvalue weighted by Crippen LogP contribution is 2.28. The molecule has 2 rings (SSSR count). The lowest BCUT2D eigenvalue weighted by atomic mass is 10.2. The monoisotopic (exact) mass is 247 g/mol. The van der Waals surface area contributed by atoms with Crippen molar-refractivity contribution in [1.29, 1.82) is 0 Å². The average Bonchev–Trinajstić information content (AvgIpc) is 2.78. The molecular formula is C13H17N3S. The molecule has 0 saturated heterocycles. The van der Waals surface area contributed by atoms with E-state index >= 15 is 0 Å². The number of aryl methyl sites for hydroxylation is 1. The van der Waals surface area contributed by atoms with E-state index in [1.807, 2.05) is 24.5 Å². The molecule has 0 atom stereocenters. The first-order valence-electron chi connectivity index (χ1n) is 5.70. The number of hydrogen-bond acceptors (Lipinski definition) is 3. The molecule has 0 fully saturated rings. The predicted molar refractivity (Wildman–Crippen MR) is 73.1 cm³/mol. The van der Waals surface area contributed by atoms with Gasteiger partial charge in [0.2, 0.25) is 0 Å². The molecule has 0 saturated carbocycles. The largest absolute Gasteiger partial charge is 0.398 e. The molecule has 17 heavy (non-hydrogen) atoms. The van der Waals surface area contributed by atoms with E-state index in [1.165, 1.54) is 4.90 Å². The summed E-state index contributed by atoms with van der Waals surface area (Å²) in [4.78, 5) is 5.60. The summed E-state index contributed by atoms with van der Waals surface area (Å²) in [6.45, 7) is 5.15. The van der Waals surface area contributed by atoms with Crippen LogP contribution in [-0.4, -0.2) is 9.55 Å². The number of nitrogen functional groups attached to an aromatic ring is 1. The molecule has 0 aliphatic rings. The second-order valence-corrected chi connectivity index (χ2v) is 4.91. The van der Waals surface area contributed by atoms with Crippen LogP contribution < -0.4 is 5.73 Å². The van der Waals surface area contributed by atoms with Crippen LogP contribution in [0, 0.1) is 6.92 Å². The van der Waals surface area contributed by atoms with Crippen molar-refractivity contribution in [2.75, 3.05) is 5.73 Å². The first-order valence-corrected chi connectivity index (χ1v) is 6.68. The summed E-state index contributed by atoms with van der Waals surface area (Å²) in [7, 11) is 0. The van der Waals surface area contributed by atoms with Gasteiger partial charge in [-0.1, -0.05) is 6.07 Å². The minimum atomic E-state index is 0.855. The fraction of sp³-hybridized carbons (Fsp3) is 0.308. The fourth-order valence-corrected chi connectivity index (χ4v) is 2.73. The topological polar surface area (TPSA) is 43.8 Å². The Labute approximate surface area is 106 Å². The summed E-state index contributed by atoms with van der Waals surface area (Å²) in [5.74, 6) is 1.99. The van der Waals surface area contributed by atoms with Crippen molar-refractivity contribution in [3.63, 3.8) is 0 Å². The second-order valence-electron chi connectivity index (χ2n) is 3.89. The minimum absolute atomic E-state index is 0.855. The number of thioether (sulfide) groups is 1. The van der Waals surface area contributed by atoms with Crippen LogP contribution in [0.2, 0.25) is 0 Å². The van der Waals surface area contributed by atoms with Crippen LogP contribution in [0.3, 0.4) is 0 Å². The lowest BCUT2D eigenvalue weighted by molar-refractivity contribution is 0.725. The molecule has 0 aliphatic heterocycles. The van der Waals surface area contributed by atoms with Gasteiger partial charge in [0.05, 0.1) is 5.75 Å². The number of nitrogens with two attached hydrogens (primary N) is 1. The first kappa shape index (κ1) is 12.0. The average molecular weight is 247 g/mol.